The zero-order valence-corrected chi connectivity index (χ0v) is 17.6. The predicted octanol–water partition coefficient (Wildman–Crippen LogP) is 1.50. The second-order valence-electron chi connectivity index (χ2n) is 7.01. The fourth-order valence-corrected chi connectivity index (χ4v) is 4.31. The molecular formula is C19H27N3O6S. The summed E-state index contributed by atoms with van der Waals surface area (Å²) in [6, 6.07) is 4.71. The van der Waals surface area contributed by atoms with Gasteiger partial charge in [-0.2, -0.15) is 4.31 Å². The lowest BCUT2D eigenvalue weighted by Crippen LogP contribution is -2.44. The van der Waals surface area contributed by atoms with Crippen molar-refractivity contribution in [3.8, 4) is 0 Å². The molecule has 2 rings (SSSR count). The van der Waals surface area contributed by atoms with Crippen LogP contribution in [0, 0.1) is 5.92 Å². The smallest absolute Gasteiger partial charge is 0.338 e. The van der Waals surface area contributed by atoms with Crippen molar-refractivity contribution in [3.05, 3.63) is 29.8 Å². The Hall–Kier alpha value is -2.46. The van der Waals surface area contributed by atoms with Crippen LogP contribution in [0.4, 0.5) is 4.79 Å². The van der Waals surface area contributed by atoms with Gasteiger partial charge in [-0.15, -0.1) is 0 Å². The van der Waals surface area contributed by atoms with Gasteiger partial charge in [0, 0.05) is 19.6 Å². The summed E-state index contributed by atoms with van der Waals surface area (Å²) in [4.78, 5) is 35.5. The monoisotopic (exact) mass is 425 g/mol. The van der Waals surface area contributed by atoms with Gasteiger partial charge in [0.15, 0.2) is 6.10 Å². The number of esters is 1. The van der Waals surface area contributed by atoms with E-state index in [1.165, 1.54) is 35.5 Å². The molecule has 1 aliphatic heterocycles. The summed E-state index contributed by atoms with van der Waals surface area (Å²) < 4.78 is 31.9. The molecule has 0 aromatic heterocycles. The molecule has 0 radical (unpaired) electrons. The molecule has 0 saturated carbocycles. The van der Waals surface area contributed by atoms with Gasteiger partial charge in [0.1, 0.15) is 0 Å². The number of ether oxygens (including phenoxy) is 1. The number of piperidine rings is 1. The molecule has 0 aliphatic carbocycles. The van der Waals surface area contributed by atoms with Gasteiger partial charge >= 0.3 is 12.0 Å². The highest BCUT2D eigenvalue weighted by Crippen LogP contribution is 2.23. The van der Waals surface area contributed by atoms with Crippen LogP contribution in [0.1, 0.15) is 44.0 Å². The fraction of sp³-hybridized carbons (Fsp3) is 0.526. The van der Waals surface area contributed by atoms with Gasteiger partial charge in [0.2, 0.25) is 10.0 Å². The number of nitrogens with zero attached hydrogens (tertiary/aromatic N) is 1. The summed E-state index contributed by atoms with van der Waals surface area (Å²) in [5.41, 5.74) is 0.105. The molecule has 0 bridgehead atoms. The number of hydrogen-bond acceptors (Lipinski definition) is 6. The van der Waals surface area contributed by atoms with Gasteiger partial charge in [-0.25, -0.2) is 18.0 Å². The lowest BCUT2D eigenvalue weighted by Gasteiger charge is -2.29. The molecule has 1 atom stereocenters. The number of rotatable bonds is 6. The maximum absolute atomic E-state index is 12.7. The molecule has 160 valence electrons. The molecular weight excluding hydrogens is 398 g/mol. The van der Waals surface area contributed by atoms with Crippen LogP contribution in [0.15, 0.2) is 29.2 Å². The van der Waals surface area contributed by atoms with Gasteiger partial charge < -0.3 is 10.1 Å². The van der Waals surface area contributed by atoms with Crippen molar-refractivity contribution < 1.29 is 27.5 Å². The first-order valence-electron chi connectivity index (χ1n) is 9.55. The molecule has 3 amide bonds. The molecule has 9 nitrogen and oxygen atoms in total. The summed E-state index contributed by atoms with van der Waals surface area (Å²) in [6.45, 7) is 6.43. The largest absolute Gasteiger partial charge is 0.449 e. The van der Waals surface area contributed by atoms with Gasteiger partial charge in [0.05, 0.1) is 10.5 Å². The zero-order valence-electron chi connectivity index (χ0n) is 16.8. The van der Waals surface area contributed by atoms with Crippen LogP contribution in [0.5, 0.6) is 0 Å². The SMILES string of the molecule is CCNC(=O)NC(=O)C(C)OC(=O)c1ccc(S(=O)(=O)N2CCC(C)CC2)cc1. The number of imide groups is 1. The van der Waals surface area contributed by atoms with Gasteiger partial charge in [0.25, 0.3) is 5.91 Å². The third kappa shape index (κ3) is 6.01. The Kier molecular flexibility index (Phi) is 7.74. The molecule has 2 N–H and O–H groups in total. The van der Waals surface area contributed by atoms with Crippen LogP contribution in [-0.4, -0.2) is 56.4 Å². The zero-order chi connectivity index (χ0) is 21.6. The standard InChI is InChI=1S/C19H27N3O6S/c1-4-20-19(25)21-17(23)14(3)28-18(24)15-5-7-16(8-6-15)29(26,27)22-11-9-13(2)10-12-22/h5-8,13-14H,4,9-12H2,1-3H3,(H2,20,21,23,25). The fourth-order valence-electron chi connectivity index (χ4n) is 2.84. The van der Waals surface area contributed by atoms with E-state index in [2.05, 4.69) is 17.6 Å². The molecule has 10 heteroatoms. The van der Waals surface area contributed by atoms with E-state index in [0.29, 0.717) is 25.6 Å². The number of sulfonamides is 1. The highest BCUT2D eigenvalue weighted by Gasteiger charge is 2.28. The highest BCUT2D eigenvalue weighted by molar-refractivity contribution is 7.89. The summed E-state index contributed by atoms with van der Waals surface area (Å²) in [5.74, 6) is -1.05. The number of benzene rings is 1. The van der Waals surface area contributed by atoms with Crippen molar-refractivity contribution in [2.45, 2.75) is 44.6 Å². The maximum atomic E-state index is 12.7. The van der Waals surface area contributed by atoms with Crippen LogP contribution < -0.4 is 10.6 Å². The third-order valence-electron chi connectivity index (χ3n) is 4.70. The number of urea groups is 1. The maximum Gasteiger partial charge on any atom is 0.338 e. The van der Waals surface area contributed by atoms with Crippen molar-refractivity contribution in [1.82, 2.24) is 14.9 Å². The average Bonchev–Trinajstić information content (AvgIpc) is 2.68. The lowest BCUT2D eigenvalue weighted by atomic mass is 10.0. The summed E-state index contributed by atoms with van der Waals surface area (Å²) >= 11 is 0. The van der Waals surface area contributed by atoms with Crippen LogP contribution in [0.2, 0.25) is 0 Å². The molecule has 1 aromatic carbocycles. The molecule has 0 spiro atoms. The van der Waals surface area contributed by atoms with E-state index in [4.69, 9.17) is 4.74 Å². The number of amides is 3. The van der Waals surface area contributed by atoms with Crippen molar-refractivity contribution in [3.63, 3.8) is 0 Å². The molecule has 1 heterocycles. The van der Waals surface area contributed by atoms with Crippen molar-refractivity contribution >= 4 is 27.9 Å². The van der Waals surface area contributed by atoms with Crippen LogP contribution in [0.25, 0.3) is 0 Å². The number of hydrogen-bond donors (Lipinski definition) is 2. The first kappa shape index (κ1) is 22.8. The van der Waals surface area contributed by atoms with Crippen LogP contribution in [-0.2, 0) is 19.6 Å². The predicted molar refractivity (Wildman–Crippen MR) is 106 cm³/mol. The summed E-state index contributed by atoms with van der Waals surface area (Å²) in [7, 11) is -3.61. The highest BCUT2D eigenvalue weighted by atomic mass is 32.2. The quantitative estimate of drug-likeness (QED) is 0.666. The number of carbonyl (C=O) groups excluding carboxylic acids is 3. The molecule has 1 unspecified atom stereocenters. The van der Waals surface area contributed by atoms with E-state index in [1.54, 1.807) is 6.92 Å². The summed E-state index contributed by atoms with van der Waals surface area (Å²) in [5, 5.41) is 4.45. The molecule has 1 fully saturated rings. The Morgan fingerprint density at radius 2 is 1.76 bits per heavy atom. The normalized spacial score (nSPS) is 16.7. The Balaban J connectivity index is 1.99. The van der Waals surface area contributed by atoms with Crippen LogP contribution in [0.3, 0.4) is 0 Å². The minimum Gasteiger partial charge on any atom is -0.449 e. The van der Waals surface area contributed by atoms with Gasteiger partial charge in [-0.3, -0.25) is 10.1 Å². The van der Waals surface area contributed by atoms with E-state index in [1.807, 2.05) is 0 Å². The first-order chi connectivity index (χ1) is 13.6. The van der Waals surface area contributed by atoms with E-state index in [0.717, 1.165) is 12.8 Å². The number of carbonyl (C=O) groups is 3. The second-order valence-corrected chi connectivity index (χ2v) is 8.95. The first-order valence-corrected chi connectivity index (χ1v) is 11.0. The van der Waals surface area contributed by atoms with E-state index in [-0.39, 0.29) is 10.5 Å². The summed E-state index contributed by atoms with van der Waals surface area (Å²) in [6.07, 6.45) is 0.448. The Morgan fingerprint density at radius 1 is 1.17 bits per heavy atom. The Bertz CT molecular complexity index is 845. The van der Waals surface area contributed by atoms with Crippen molar-refractivity contribution in [2.24, 2.45) is 5.92 Å². The molecule has 29 heavy (non-hydrogen) atoms. The number of nitrogens with one attached hydrogen (secondary N) is 2. The van der Waals surface area contributed by atoms with E-state index >= 15 is 0 Å². The Labute approximate surface area is 170 Å². The van der Waals surface area contributed by atoms with Gasteiger partial charge in [-0.05, 0) is 56.9 Å². The van der Waals surface area contributed by atoms with Crippen molar-refractivity contribution in [2.75, 3.05) is 19.6 Å². The Morgan fingerprint density at radius 3 is 2.31 bits per heavy atom. The van der Waals surface area contributed by atoms with Gasteiger partial charge in [-0.1, -0.05) is 6.92 Å². The molecule has 1 saturated heterocycles. The molecule has 1 aromatic rings. The second kappa shape index (κ2) is 9.84. The van der Waals surface area contributed by atoms with E-state index < -0.39 is 34.0 Å². The lowest BCUT2D eigenvalue weighted by molar-refractivity contribution is -0.127. The third-order valence-corrected chi connectivity index (χ3v) is 6.61. The van der Waals surface area contributed by atoms with E-state index in [9.17, 15) is 22.8 Å². The molecule has 1 aliphatic rings. The topological polar surface area (TPSA) is 122 Å². The average molecular weight is 426 g/mol. The minimum absolute atomic E-state index is 0.102. The minimum atomic E-state index is -3.61. The van der Waals surface area contributed by atoms with Crippen molar-refractivity contribution in [1.29, 1.82) is 0 Å². The van der Waals surface area contributed by atoms with Crippen LogP contribution >= 0.6 is 0 Å².